The Morgan fingerprint density at radius 2 is 2.09 bits per heavy atom. The highest BCUT2D eigenvalue weighted by Crippen LogP contribution is 2.18. The number of carbonyl (C=O) groups is 1. The fourth-order valence-electron chi connectivity index (χ4n) is 2.74. The van der Waals surface area contributed by atoms with E-state index in [-0.39, 0.29) is 24.2 Å². The van der Waals surface area contributed by atoms with Crippen molar-refractivity contribution in [3.63, 3.8) is 0 Å². The molecule has 1 aliphatic rings. The second kappa shape index (κ2) is 6.27. The number of hydrogen-bond donors (Lipinski definition) is 1. The lowest BCUT2D eigenvalue weighted by Crippen LogP contribution is -2.41. The highest BCUT2D eigenvalue weighted by Gasteiger charge is 2.25. The molecule has 0 saturated carbocycles. The maximum Gasteiger partial charge on any atom is 0.274 e. The molecule has 2 aromatic rings. The van der Waals surface area contributed by atoms with Gasteiger partial charge in [0.05, 0.1) is 5.69 Å². The number of piperidine rings is 1. The Bertz CT molecular complexity index is 654. The number of benzene rings is 1. The summed E-state index contributed by atoms with van der Waals surface area (Å²) in [5, 5.41) is 13.5. The topological polar surface area (TPSA) is 58.4 Å². The molecular weight excluding hydrogens is 285 g/mol. The molecule has 0 spiro atoms. The third-order valence-electron chi connectivity index (χ3n) is 3.96. The number of amides is 1. The van der Waals surface area contributed by atoms with Gasteiger partial charge in [-0.1, -0.05) is 0 Å². The highest BCUT2D eigenvalue weighted by atomic mass is 19.1. The third-order valence-corrected chi connectivity index (χ3v) is 3.96. The van der Waals surface area contributed by atoms with Gasteiger partial charge in [0, 0.05) is 25.9 Å². The maximum atomic E-state index is 12.9. The van der Waals surface area contributed by atoms with Crippen LogP contribution in [0.5, 0.6) is 0 Å². The Hall–Kier alpha value is -2.21. The van der Waals surface area contributed by atoms with Crippen LogP contribution in [0.3, 0.4) is 0 Å². The Labute approximate surface area is 128 Å². The summed E-state index contributed by atoms with van der Waals surface area (Å²) >= 11 is 0. The molecule has 1 atom stereocenters. The van der Waals surface area contributed by atoms with Gasteiger partial charge in [0.1, 0.15) is 5.82 Å². The fraction of sp³-hybridized carbons (Fsp3) is 0.375. The van der Waals surface area contributed by atoms with Crippen molar-refractivity contribution < 1.29 is 14.3 Å². The summed E-state index contributed by atoms with van der Waals surface area (Å²) in [4.78, 5) is 14.2. The predicted molar refractivity (Wildman–Crippen MR) is 79.2 cm³/mol. The van der Waals surface area contributed by atoms with E-state index in [1.807, 2.05) is 0 Å². The third kappa shape index (κ3) is 3.01. The minimum absolute atomic E-state index is 0.105. The van der Waals surface area contributed by atoms with Crippen LogP contribution in [0.1, 0.15) is 23.3 Å². The molecule has 116 valence electrons. The molecule has 1 aromatic heterocycles. The molecule has 1 fully saturated rings. The van der Waals surface area contributed by atoms with E-state index in [1.165, 1.54) is 12.1 Å². The van der Waals surface area contributed by atoms with Gasteiger partial charge in [-0.2, -0.15) is 5.10 Å². The molecule has 6 heteroatoms. The lowest BCUT2D eigenvalue weighted by molar-refractivity contribution is 0.0614. The van der Waals surface area contributed by atoms with Crippen LogP contribution >= 0.6 is 0 Å². The van der Waals surface area contributed by atoms with Gasteiger partial charge in [0.25, 0.3) is 5.91 Å². The number of carbonyl (C=O) groups excluding carboxylic acids is 1. The maximum absolute atomic E-state index is 12.9. The molecule has 0 bridgehead atoms. The minimum atomic E-state index is -0.310. The number of hydrogen-bond acceptors (Lipinski definition) is 3. The lowest BCUT2D eigenvalue weighted by Gasteiger charge is -2.31. The molecule has 1 aliphatic heterocycles. The molecule has 2 heterocycles. The average Bonchev–Trinajstić information content (AvgIpc) is 3.05. The van der Waals surface area contributed by atoms with Crippen molar-refractivity contribution in [3.05, 3.63) is 48.0 Å². The van der Waals surface area contributed by atoms with Gasteiger partial charge in [-0.3, -0.25) is 4.79 Å². The minimum Gasteiger partial charge on any atom is -0.396 e. The van der Waals surface area contributed by atoms with Crippen molar-refractivity contribution in [3.8, 4) is 5.69 Å². The van der Waals surface area contributed by atoms with Crippen LogP contribution in [0.4, 0.5) is 4.39 Å². The van der Waals surface area contributed by atoms with Crippen molar-refractivity contribution in [2.24, 2.45) is 5.92 Å². The van der Waals surface area contributed by atoms with E-state index >= 15 is 0 Å². The number of aliphatic hydroxyl groups is 1. The molecule has 0 aliphatic carbocycles. The largest absolute Gasteiger partial charge is 0.396 e. The Balaban J connectivity index is 1.75. The fourth-order valence-corrected chi connectivity index (χ4v) is 2.74. The summed E-state index contributed by atoms with van der Waals surface area (Å²) in [6.07, 6.45) is 3.54. The summed E-state index contributed by atoms with van der Waals surface area (Å²) in [5.41, 5.74) is 1.07. The molecule has 3 rings (SSSR count). The first-order chi connectivity index (χ1) is 10.7. The standard InChI is InChI=1S/C16H18FN3O2/c17-13-3-5-14(6-4-13)20-9-7-15(18-20)16(22)19-8-1-2-12(10-19)11-21/h3-7,9,12,21H,1-2,8,10-11H2. The van der Waals surface area contributed by atoms with E-state index in [2.05, 4.69) is 5.10 Å². The first kappa shape index (κ1) is 14.7. The quantitative estimate of drug-likeness (QED) is 0.941. The van der Waals surface area contributed by atoms with E-state index in [9.17, 15) is 14.3 Å². The summed E-state index contributed by atoms with van der Waals surface area (Å²) in [5.74, 6) is -0.286. The zero-order chi connectivity index (χ0) is 15.5. The van der Waals surface area contributed by atoms with Gasteiger partial charge in [-0.25, -0.2) is 9.07 Å². The van der Waals surface area contributed by atoms with Crippen LogP contribution in [0.2, 0.25) is 0 Å². The normalized spacial score (nSPS) is 18.5. The first-order valence-electron chi connectivity index (χ1n) is 7.39. The summed E-state index contributed by atoms with van der Waals surface area (Å²) in [6.45, 7) is 1.37. The first-order valence-corrected chi connectivity index (χ1v) is 7.39. The van der Waals surface area contributed by atoms with E-state index in [0.717, 1.165) is 12.8 Å². The van der Waals surface area contributed by atoms with Crippen LogP contribution in [0.25, 0.3) is 5.69 Å². The number of aliphatic hydroxyl groups excluding tert-OH is 1. The van der Waals surface area contributed by atoms with Crippen LogP contribution in [-0.2, 0) is 0 Å². The zero-order valence-electron chi connectivity index (χ0n) is 12.2. The van der Waals surface area contributed by atoms with Crippen LogP contribution in [-0.4, -0.2) is 45.4 Å². The van der Waals surface area contributed by atoms with Crippen LogP contribution in [0, 0.1) is 11.7 Å². The highest BCUT2D eigenvalue weighted by molar-refractivity contribution is 5.92. The molecule has 1 N–H and O–H groups in total. The number of nitrogens with zero attached hydrogens (tertiary/aromatic N) is 3. The molecule has 1 saturated heterocycles. The van der Waals surface area contributed by atoms with Gasteiger partial charge in [0.2, 0.25) is 0 Å². The molecule has 1 amide bonds. The van der Waals surface area contributed by atoms with E-state index in [4.69, 9.17) is 0 Å². The van der Waals surface area contributed by atoms with E-state index in [0.29, 0.717) is 24.5 Å². The van der Waals surface area contributed by atoms with Crippen molar-refractivity contribution in [2.75, 3.05) is 19.7 Å². The molecule has 22 heavy (non-hydrogen) atoms. The van der Waals surface area contributed by atoms with Crippen LogP contribution < -0.4 is 0 Å². The molecule has 1 aromatic carbocycles. The number of rotatable bonds is 3. The number of halogens is 1. The van der Waals surface area contributed by atoms with Crippen molar-refractivity contribution in [1.29, 1.82) is 0 Å². The van der Waals surface area contributed by atoms with E-state index < -0.39 is 0 Å². The number of likely N-dealkylation sites (tertiary alicyclic amines) is 1. The molecule has 1 unspecified atom stereocenters. The Morgan fingerprint density at radius 1 is 1.32 bits per heavy atom. The second-order valence-corrected chi connectivity index (χ2v) is 5.56. The zero-order valence-corrected chi connectivity index (χ0v) is 12.2. The van der Waals surface area contributed by atoms with Gasteiger partial charge >= 0.3 is 0 Å². The Kier molecular flexibility index (Phi) is 4.20. The van der Waals surface area contributed by atoms with Gasteiger partial charge in [-0.15, -0.1) is 0 Å². The van der Waals surface area contributed by atoms with Gasteiger partial charge < -0.3 is 10.0 Å². The lowest BCUT2D eigenvalue weighted by atomic mass is 9.99. The smallest absolute Gasteiger partial charge is 0.274 e. The van der Waals surface area contributed by atoms with Crippen molar-refractivity contribution in [1.82, 2.24) is 14.7 Å². The molecule has 5 nitrogen and oxygen atoms in total. The number of aromatic nitrogens is 2. The summed E-state index contributed by atoms with van der Waals surface area (Å²) < 4.78 is 14.5. The predicted octanol–water partition coefficient (Wildman–Crippen LogP) is 1.86. The second-order valence-electron chi connectivity index (χ2n) is 5.56. The van der Waals surface area contributed by atoms with Gasteiger partial charge in [-0.05, 0) is 49.1 Å². The summed E-state index contributed by atoms with van der Waals surface area (Å²) in [7, 11) is 0. The summed E-state index contributed by atoms with van der Waals surface area (Å²) in [6, 6.07) is 7.59. The van der Waals surface area contributed by atoms with E-state index in [1.54, 1.807) is 34.0 Å². The van der Waals surface area contributed by atoms with Gasteiger partial charge in [0.15, 0.2) is 5.69 Å². The molecular formula is C16H18FN3O2. The SMILES string of the molecule is O=C(c1ccn(-c2ccc(F)cc2)n1)N1CCCC(CO)C1. The average molecular weight is 303 g/mol. The van der Waals surface area contributed by atoms with Crippen LogP contribution in [0.15, 0.2) is 36.5 Å². The molecule has 0 radical (unpaired) electrons. The van der Waals surface area contributed by atoms with Crippen molar-refractivity contribution in [2.45, 2.75) is 12.8 Å². The monoisotopic (exact) mass is 303 g/mol. The van der Waals surface area contributed by atoms with Crippen molar-refractivity contribution >= 4 is 5.91 Å². The Morgan fingerprint density at radius 3 is 2.82 bits per heavy atom.